The normalized spacial score (nSPS) is 17.6. The Morgan fingerprint density at radius 2 is 1.05 bits per heavy atom. The van der Waals surface area contributed by atoms with Crippen LogP contribution >= 0.6 is 0 Å². The van der Waals surface area contributed by atoms with Crippen molar-refractivity contribution in [3.05, 3.63) is 12.2 Å². The average Bonchev–Trinajstić information content (AvgIpc) is 4.08. The van der Waals surface area contributed by atoms with Crippen LogP contribution in [0, 0.1) is 69.0 Å². The van der Waals surface area contributed by atoms with Gasteiger partial charge in [0.05, 0.1) is 6.04 Å². The van der Waals surface area contributed by atoms with E-state index >= 15 is 0 Å². The van der Waals surface area contributed by atoms with Crippen LogP contribution in [0.15, 0.2) is 12.2 Å². The third kappa shape index (κ3) is 26.7. The number of hydrogen-bond donors (Lipinski definition) is 2. The molecule has 1 rings (SSSR count). The Kier molecular flexibility index (Phi) is 34.0. The number of ketones is 9. The van der Waals surface area contributed by atoms with E-state index in [-0.39, 0.29) is 146 Å². The summed E-state index contributed by atoms with van der Waals surface area (Å²) in [6, 6.07) is -1.68. The molecule has 14 nitrogen and oxygen atoms in total. The quantitative estimate of drug-likeness (QED) is 0.0429. The fourth-order valence-electron chi connectivity index (χ4n) is 11.6. The van der Waals surface area contributed by atoms with Crippen molar-refractivity contribution in [3.8, 4) is 0 Å². The summed E-state index contributed by atoms with van der Waals surface area (Å²) in [6.45, 7) is 33.0. The Morgan fingerprint density at radius 1 is 0.548 bits per heavy atom. The van der Waals surface area contributed by atoms with E-state index in [1.807, 2.05) is 41.5 Å². The number of carbonyl (C=O) groups is 11. The average molecular weight is 1180 g/mol. The number of likely N-dealkylation sites (tertiary alicyclic amines) is 1. The third-order valence-corrected chi connectivity index (χ3v) is 18.5. The maximum Gasteiger partial charge on any atom is 0.243 e. The molecule has 0 spiro atoms. The van der Waals surface area contributed by atoms with Gasteiger partial charge in [0.15, 0.2) is 11.6 Å². The summed E-state index contributed by atoms with van der Waals surface area (Å²) >= 11 is 0. The van der Waals surface area contributed by atoms with Crippen LogP contribution in [0.5, 0.6) is 0 Å². The van der Waals surface area contributed by atoms with E-state index in [0.29, 0.717) is 51.5 Å². The van der Waals surface area contributed by atoms with E-state index in [9.17, 15) is 57.8 Å². The van der Waals surface area contributed by atoms with E-state index < -0.39 is 57.4 Å². The van der Waals surface area contributed by atoms with Crippen LogP contribution < -0.4 is 5.32 Å². The minimum Gasteiger partial charge on any atom is -0.396 e. The van der Waals surface area contributed by atoms with Gasteiger partial charge in [0.25, 0.3) is 0 Å². The standard InChI is InChI=1S/C70H118N2O12/c1-19-22-23-24-25-26-30-50(8)66(84)72-34-28-32-56(72)65(83)71-55(37-46(4)29-27-31-53(74)21-3)58(76)40-52(10)60(78)43-68(13,14)64(82)45-70(17,18)62(80)41-54(49(7)20-2)57(75)39-51(9)59(77)42-67(11,12)63(81)44-69(15,16)61(79)38-48(6)36-47(5)33-35-73/h27,31,46-52,54-56,73H,19-26,28-30,32-45H2,1-18H3,(H,71,83)/b31-27+. The van der Waals surface area contributed by atoms with Gasteiger partial charge in [0.2, 0.25) is 11.8 Å². The highest BCUT2D eigenvalue weighted by atomic mass is 16.3. The molecule has 10 atom stereocenters. The Balaban J connectivity index is 3.12. The second-order valence-electron chi connectivity index (χ2n) is 28.9. The monoisotopic (exact) mass is 1180 g/mol. The van der Waals surface area contributed by atoms with Crippen LogP contribution in [0.25, 0.3) is 0 Å². The van der Waals surface area contributed by atoms with E-state index in [2.05, 4.69) is 12.2 Å². The minimum absolute atomic E-state index is 0.0222. The molecular weight excluding hydrogens is 1060 g/mol. The van der Waals surface area contributed by atoms with Crippen molar-refractivity contribution in [2.24, 2.45) is 69.0 Å². The maximum absolute atomic E-state index is 14.3. The van der Waals surface area contributed by atoms with Crippen LogP contribution in [0.4, 0.5) is 0 Å². The lowest BCUT2D eigenvalue weighted by Crippen LogP contribution is -2.52. The molecule has 14 heteroatoms. The Hall–Kier alpha value is -4.33. The summed E-state index contributed by atoms with van der Waals surface area (Å²) in [5.41, 5.74) is -4.46. The highest BCUT2D eigenvalue weighted by Crippen LogP contribution is 2.38. The second kappa shape index (κ2) is 36.7. The molecule has 1 aliphatic rings. The van der Waals surface area contributed by atoms with Gasteiger partial charge in [-0.15, -0.1) is 0 Å². The molecule has 2 amide bonds. The zero-order valence-corrected chi connectivity index (χ0v) is 56.0. The lowest BCUT2D eigenvalue weighted by molar-refractivity contribution is -0.142. The van der Waals surface area contributed by atoms with Crippen LogP contribution in [0.2, 0.25) is 0 Å². The smallest absolute Gasteiger partial charge is 0.243 e. The van der Waals surface area contributed by atoms with Gasteiger partial charge in [-0.1, -0.05) is 176 Å². The van der Waals surface area contributed by atoms with E-state index in [1.165, 1.54) is 18.9 Å². The number of nitrogens with one attached hydrogen (secondary N) is 1. The van der Waals surface area contributed by atoms with E-state index in [4.69, 9.17) is 0 Å². The van der Waals surface area contributed by atoms with Gasteiger partial charge in [0, 0.05) is 116 Å². The number of allylic oxidation sites excluding steroid dienone is 2. The van der Waals surface area contributed by atoms with Crippen molar-refractivity contribution in [1.82, 2.24) is 10.2 Å². The van der Waals surface area contributed by atoms with Gasteiger partial charge in [-0.25, -0.2) is 0 Å². The van der Waals surface area contributed by atoms with Crippen molar-refractivity contribution in [3.63, 3.8) is 0 Å². The topological polar surface area (TPSA) is 223 Å². The third-order valence-electron chi connectivity index (χ3n) is 18.5. The second-order valence-corrected chi connectivity index (χ2v) is 28.9. The zero-order valence-electron chi connectivity index (χ0n) is 56.0. The molecule has 10 unspecified atom stereocenters. The largest absolute Gasteiger partial charge is 0.396 e. The molecule has 480 valence electrons. The van der Waals surface area contributed by atoms with Crippen LogP contribution in [-0.2, 0) is 52.7 Å². The number of hydrogen-bond acceptors (Lipinski definition) is 12. The van der Waals surface area contributed by atoms with Crippen molar-refractivity contribution >= 4 is 63.9 Å². The molecule has 1 fully saturated rings. The molecule has 0 aromatic carbocycles. The lowest BCUT2D eigenvalue weighted by Gasteiger charge is -2.32. The lowest BCUT2D eigenvalue weighted by atomic mass is 9.70. The number of carbonyl (C=O) groups excluding carboxylic acids is 11. The van der Waals surface area contributed by atoms with Crippen LogP contribution in [-0.4, -0.2) is 99.1 Å². The molecule has 0 aliphatic carbocycles. The Morgan fingerprint density at radius 3 is 1.56 bits per heavy atom. The van der Waals surface area contributed by atoms with E-state index in [0.717, 1.165) is 38.5 Å². The highest BCUT2D eigenvalue weighted by Gasteiger charge is 2.43. The first-order chi connectivity index (χ1) is 38.9. The minimum atomic E-state index is -1.22. The number of unbranched alkanes of at least 4 members (excludes halogenated alkanes) is 5. The number of Topliss-reactive ketones (excluding diaryl/α,β-unsaturated/α-hetero) is 8. The predicted octanol–water partition coefficient (Wildman–Crippen LogP) is 13.6. The predicted molar refractivity (Wildman–Crippen MR) is 335 cm³/mol. The molecule has 0 aromatic heterocycles. The molecule has 0 aromatic rings. The van der Waals surface area contributed by atoms with E-state index in [1.54, 1.807) is 87.1 Å². The summed E-state index contributed by atoms with van der Waals surface area (Å²) < 4.78 is 0. The van der Waals surface area contributed by atoms with Crippen LogP contribution in [0.1, 0.15) is 272 Å². The fourth-order valence-corrected chi connectivity index (χ4v) is 11.6. The summed E-state index contributed by atoms with van der Waals surface area (Å²) in [4.78, 5) is 153. The number of nitrogens with zero attached hydrogens (tertiary/aromatic N) is 1. The number of aliphatic hydroxyl groups is 1. The summed E-state index contributed by atoms with van der Waals surface area (Å²) in [7, 11) is 0. The molecule has 84 heavy (non-hydrogen) atoms. The van der Waals surface area contributed by atoms with Crippen molar-refractivity contribution in [2.75, 3.05) is 13.2 Å². The molecule has 1 heterocycles. The summed E-state index contributed by atoms with van der Waals surface area (Å²) in [6.07, 6.45) is 14.3. The number of amides is 2. The number of rotatable bonds is 46. The van der Waals surface area contributed by atoms with Gasteiger partial charge >= 0.3 is 0 Å². The van der Waals surface area contributed by atoms with Gasteiger partial charge in [-0.3, -0.25) is 52.7 Å². The summed E-state index contributed by atoms with van der Waals surface area (Å²) in [5.74, 6) is -5.01. The molecular formula is C70H118N2O12. The first-order valence-corrected chi connectivity index (χ1v) is 32.6. The van der Waals surface area contributed by atoms with Gasteiger partial charge in [0.1, 0.15) is 46.5 Å². The molecule has 0 bridgehead atoms. The fraction of sp³-hybridized carbons (Fsp3) is 0.814. The van der Waals surface area contributed by atoms with Gasteiger partial charge in [-0.05, 0) is 74.7 Å². The molecule has 1 saturated heterocycles. The Bertz CT molecular complexity index is 2240. The molecule has 0 saturated carbocycles. The first kappa shape index (κ1) is 77.7. The SMILES string of the molecule is CCCCCCCCC(C)C(=O)N1CCCC1C(=O)NC(CC(C)C/C=C/C(=O)CC)C(=O)CC(C)C(=O)CC(C)(C)C(=O)CC(C)(C)C(=O)CC(C(=O)CC(C)C(=O)CC(C)(C)C(=O)CC(C)(C)C(=O)CC(C)CC(C)CCO)C(C)CC. The van der Waals surface area contributed by atoms with Gasteiger partial charge in [-0.2, -0.15) is 0 Å². The van der Waals surface area contributed by atoms with Crippen LogP contribution in [0.3, 0.4) is 0 Å². The molecule has 0 radical (unpaired) electrons. The Labute approximate surface area is 508 Å². The van der Waals surface area contributed by atoms with Gasteiger partial charge < -0.3 is 15.3 Å². The first-order valence-electron chi connectivity index (χ1n) is 32.6. The van der Waals surface area contributed by atoms with Crippen molar-refractivity contribution < 1.29 is 57.8 Å². The van der Waals surface area contributed by atoms with Crippen molar-refractivity contribution in [1.29, 1.82) is 0 Å². The highest BCUT2D eigenvalue weighted by molar-refractivity contribution is 6.00. The molecule has 2 N–H and O–H groups in total. The molecule has 1 aliphatic heterocycles. The van der Waals surface area contributed by atoms with Crippen molar-refractivity contribution in [2.45, 2.75) is 284 Å². The number of aliphatic hydroxyl groups excluding tert-OH is 1. The summed E-state index contributed by atoms with van der Waals surface area (Å²) in [5, 5.41) is 12.3. The zero-order chi connectivity index (χ0) is 64.5. The maximum atomic E-state index is 14.3.